The van der Waals surface area contributed by atoms with Crippen LogP contribution in [0.1, 0.15) is 15.9 Å². The van der Waals surface area contributed by atoms with Gasteiger partial charge < -0.3 is 5.32 Å². The Labute approximate surface area is 173 Å². The van der Waals surface area contributed by atoms with E-state index in [1.807, 2.05) is 73.7 Å². The van der Waals surface area contributed by atoms with Crippen LogP contribution in [-0.2, 0) is 0 Å². The molecule has 0 saturated carbocycles. The molecule has 5 rings (SSSR count). The van der Waals surface area contributed by atoms with Gasteiger partial charge in [-0.1, -0.05) is 24.3 Å². The maximum atomic E-state index is 13.4. The monoisotopic (exact) mass is 390 g/mol. The van der Waals surface area contributed by atoms with Crippen molar-refractivity contribution in [3.63, 3.8) is 0 Å². The SMILES string of the molecule is Cc1ccc(NC(=O)c2cc(-c3ccncc3)nc3ccccc23)c2cccnc12. The van der Waals surface area contributed by atoms with Gasteiger partial charge in [0.1, 0.15) is 0 Å². The molecule has 0 fully saturated rings. The first-order valence-electron chi connectivity index (χ1n) is 9.66. The van der Waals surface area contributed by atoms with Crippen LogP contribution in [0.15, 0.2) is 85.3 Å². The molecule has 1 amide bonds. The molecule has 3 aromatic heterocycles. The predicted octanol–water partition coefficient (Wildman–Crippen LogP) is 5.41. The number of nitrogens with zero attached hydrogens (tertiary/aromatic N) is 3. The molecule has 3 heterocycles. The van der Waals surface area contributed by atoms with Crippen molar-refractivity contribution in [3.05, 3.63) is 96.4 Å². The maximum Gasteiger partial charge on any atom is 0.256 e. The summed E-state index contributed by atoms with van der Waals surface area (Å²) in [4.78, 5) is 26.6. The van der Waals surface area contributed by atoms with Crippen LogP contribution < -0.4 is 5.32 Å². The molecule has 5 aromatic rings. The van der Waals surface area contributed by atoms with E-state index in [0.717, 1.165) is 44.3 Å². The number of carbonyl (C=O) groups is 1. The van der Waals surface area contributed by atoms with Crippen LogP contribution in [0.25, 0.3) is 33.1 Å². The normalized spacial score (nSPS) is 11.0. The second-order valence-corrected chi connectivity index (χ2v) is 7.09. The number of benzene rings is 2. The van der Waals surface area contributed by atoms with Gasteiger partial charge in [-0.05, 0) is 55.0 Å². The first kappa shape index (κ1) is 17.9. The zero-order valence-electron chi connectivity index (χ0n) is 16.3. The molecule has 0 radical (unpaired) electrons. The van der Waals surface area contributed by atoms with Crippen LogP contribution in [0.3, 0.4) is 0 Å². The number of carbonyl (C=O) groups excluding carboxylic acids is 1. The lowest BCUT2D eigenvalue weighted by Gasteiger charge is -2.13. The quantitative estimate of drug-likeness (QED) is 0.447. The summed E-state index contributed by atoms with van der Waals surface area (Å²) in [5.41, 5.74) is 5.68. The average molecular weight is 390 g/mol. The summed E-state index contributed by atoms with van der Waals surface area (Å²) in [6.45, 7) is 2.01. The summed E-state index contributed by atoms with van der Waals surface area (Å²) in [5.74, 6) is -0.182. The maximum absolute atomic E-state index is 13.4. The van der Waals surface area contributed by atoms with E-state index in [1.165, 1.54) is 0 Å². The van der Waals surface area contributed by atoms with E-state index in [0.29, 0.717) is 5.56 Å². The minimum absolute atomic E-state index is 0.182. The minimum atomic E-state index is -0.182. The average Bonchev–Trinajstić information content (AvgIpc) is 2.81. The molecule has 144 valence electrons. The molecule has 0 spiro atoms. The number of para-hydroxylation sites is 1. The first-order valence-corrected chi connectivity index (χ1v) is 9.66. The third-order valence-electron chi connectivity index (χ3n) is 5.16. The molecule has 0 unspecified atom stereocenters. The number of rotatable bonds is 3. The molecule has 0 atom stereocenters. The minimum Gasteiger partial charge on any atom is -0.321 e. The molecular formula is C25H18N4O. The molecule has 5 nitrogen and oxygen atoms in total. The highest BCUT2D eigenvalue weighted by atomic mass is 16.1. The van der Waals surface area contributed by atoms with E-state index in [4.69, 9.17) is 4.98 Å². The van der Waals surface area contributed by atoms with Gasteiger partial charge in [0.2, 0.25) is 0 Å². The molecule has 0 aliphatic heterocycles. The Balaban J connectivity index is 1.63. The van der Waals surface area contributed by atoms with Crippen LogP contribution >= 0.6 is 0 Å². The third kappa shape index (κ3) is 3.16. The molecule has 5 heteroatoms. The van der Waals surface area contributed by atoms with E-state index in [1.54, 1.807) is 18.6 Å². The van der Waals surface area contributed by atoms with Gasteiger partial charge >= 0.3 is 0 Å². The summed E-state index contributed by atoms with van der Waals surface area (Å²) >= 11 is 0. The van der Waals surface area contributed by atoms with Crippen LogP contribution in [0.2, 0.25) is 0 Å². The number of anilines is 1. The van der Waals surface area contributed by atoms with Crippen molar-refractivity contribution in [1.29, 1.82) is 0 Å². The van der Waals surface area contributed by atoms with Crippen molar-refractivity contribution >= 4 is 33.4 Å². The van der Waals surface area contributed by atoms with Crippen LogP contribution in [0.5, 0.6) is 0 Å². The fourth-order valence-corrected chi connectivity index (χ4v) is 3.65. The lowest BCUT2D eigenvalue weighted by atomic mass is 10.0. The number of aryl methyl sites for hydroxylation is 1. The molecule has 0 bridgehead atoms. The fourth-order valence-electron chi connectivity index (χ4n) is 3.65. The summed E-state index contributed by atoms with van der Waals surface area (Å²) in [5, 5.41) is 4.80. The number of aromatic nitrogens is 3. The number of hydrogen-bond acceptors (Lipinski definition) is 4. The van der Waals surface area contributed by atoms with Gasteiger partial charge in [-0.15, -0.1) is 0 Å². The molecule has 30 heavy (non-hydrogen) atoms. The van der Waals surface area contributed by atoms with Gasteiger partial charge in [0, 0.05) is 34.9 Å². The Morgan fingerprint density at radius 2 is 1.67 bits per heavy atom. The lowest BCUT2D eigenvalue weighted by Crippen LogP contribution is -2.13. The van der Waals surface area contributed by atoms with E-state index >= 15 is 0 Å². The molecule has 0 saturated heterocycles. The van der Waals surface area contributed by atoms with E-state index in [-0.39, 0.29) is 5.91 Å². The van der Waals surface area contributed by atoms with Crippen LogP contribution in [0.4, 0.5) is 5.69 Å². The van der Waals surface area contributed by atoms with Gasteiger partial charge in [-0.3, -0.25) is 14.8 Å². The van der Waals surface area contributed by atoms with Crippen molar-refractivity contribution in [2.45, 2.75) is 6.92 Å². The van der Waals surface area contributed by atoms with Gasteiger partial charge in [0.25, 0.3) is 5.91 Å². The second kappa shape index (κ2) is 7.37. The Kier molecular flexibility index (Phi) is 4.41. The van der Waals surface area contributed by atoms with Crippen molar-refractivity contribution in [3.8, 4) is 11.3 Å². The highest BCUT2D eigenvalue weighted by Gasteiger charge is 2.15. The van der Waals surface area contributed by atoms with Crippen molar-refractivity contribution in [2.75, 3.05) is 5.32 Å². The van der Waals surface area contributed by atoms with E-state index in [2.05, 4.69) is 15.3 Å². The summed E-state index contributed by atoms with van der Waals surface area (Å²) in [6.07, 6.45) is 5.20. The topological polar surface area (TPSA) is 67.8 Å². The summed E-state index contributed by atoms with van der Waals surface area (Å²) < 4.78 is 0. The highest BCUT2D eigenvalue weighted by Crippen LogP contribution is 2.28. The Bertz CT molecular complexity index is 1400. The number of pyridine rings is 3. The van der Waals surface area contributed by atoms with Crippen molar-refractivity contribution < 1.29 is 4.79 Å². The zero-order chi connectivity index (χ0) is 20.5. The first-order chi connectivity index (χ1) is 14.7. The molecule has 0 aliphatic carbocycles. The number of hydrogen-bond donors (Lipinski definition) is 1. The number of fused-ring (bicyclic) bond motifs is 2. The third-order valence-corrected chi connectivity index (χ3v) is 5.16. The largest absolute Gasteiger partial charge is 0.321 e. The molecule has 2 aromatic carbocycles. The Hall–Kier alpha value is -4.12. The number of nitrogens with one attached hydrogen (secondary N) is 1. The molecule has 1 N–H and O–H groups in total. The van der Waals surface area contributed by atoms with E-state index in [9.17, 15) is 4.79 Å². The second-order valence-electron chi connectivity index (χ2n) is 7.09. The fraction of sp³-hybridized carbons (Fsp3) is 0.0400. The van der Waals surface area contributed by atoms with Crippen molar-refractivity contribution in [1.82, 2.24) is 15.0 Å². The zero-order valence-corrected chi connectivity index (χ0v) is 16.3. The summed E-state index contributed by atoms with van der Waals surface area (Å²) in [6, 6.07) is 21.0. The molecule has 0 aliphatic rings. The Morgan fingerprint density at radius 3 is 2.53 bits per heavy atom. The summed E-state index contributed by atoms with van der Waals surface area (Å²) in [7, 11) is 0. The van der Waals surface area contributed by atoms with Crippen LogP contribution in [-0.4, -0.2) is 20.9 Å². The molecular weight excluding hydrogens is 372 g/mol. The lowest BCUT2D eigenvalue weighted by molar-refractivity contribution is 0.102. The van der Waals surface area contributed by atoms with Gasteiger partial charge in [0.15, 0.2) is 0 Å². The van der Waals surface area contributed by atoms with Crippen LogP contribution in [0, 0.1) is 6.92 Å². The standard InChI is InChI=1S/C25H18N4O/c1-16-8-9-22(19-6-4-12-27-24(16)19)29-25(30)20-15-23(17-10-13-26-14-11-17)28-21-7-3-2-5-18(20)21/h2-15H,1H3,(H,29,30). The van der Waals surface area contributed by atoms with Gasteiger partial charge in [0.05, 0.1) is 28.0 Å². The smallest absolute Gasteiger partial charge is 0.256 e. The highest BCUT2D eigenvalue weighted by molar-refractivity contribution is 6.15. The van der Waals surface area contributed by atoms with E-state index < -0.39 is 0 Å². The van der Waals surface area contributed by atoms with Gasteiger partial charge in [-0.25, -0.2) is 4.98 Å². The van der Waals surface area contributed by atoms with Gasteiger partial charge in [-0.2, -0.15) is 0 Å². The Morgan fingerprint density at radius 1 is 0.867 bits per heavy atom. The predicted molar refractivity (Wildman–Crippen MR) is 119 cm³/mol. The number of amides is 1. The van der Waals surface area contributed by atoms with Crippen molar-refractivity contribution in [2.24, 2.45) is 0 Å².